The molecule has 8 rings (SSSR count). The first-order valence-corrected chi connectivity index (χ1v) is 19.3. The minimum atomic E-state index is -1.36. The topological polar surface area (TPSA) is 231 Å². The maximum absolute atomic E-state index is 14.3. The lowest BCUT2D eigenvalue weighted by atomic mass is 9.80. The number of hydrogen-bond donors (Lipinski definition) is 5. The van der Waals surface area contributed by atoms with Gasteiger partial charge in [-0.15, -0.1) is 28.2 Å². The van der Waals surface area contributed by atoms with Gasteiger partial charge in [-0.25, -0.2) is 14.9 Å². The van der Waals surface area contributed by atoms with E-state index in [0.29, 0.717) is 35.5 Å². The molecule has 3 amide bonds. The Hall–Kier alpha value is -6.66. The van der Waals surface area contributed by atoms with Crippen LogP contribution in [-0.2, 0) is 36.0 Å². The number of hydrogen-bond acceptors (Lipinski definition) is 13. The standard InChI is InChI=1S/C38H32N10O6S2/c39-37-41-27(20-56-37)29(45-54-38(21-10-4-1-5-11-21,22-12-6-2-7-13-22)23-14-8-3-9-15-23)33(50)42-30-34(51)48-31(36(52)53)26(19-55-35(30)48)25(18-28-43-46-47-44-28)24-16-17-40-32(24)49/h1-15,20,30,35H,16-19H2,(H2,39,41)(H,40,49)(H,42,50)(H,52,53)(H,43,44,46,47)/t30-,35-/m1/s1. The van der Waals surface area contributed by atoms with Gasteiger partial charge in [0.2, 0.25) is 11.5 Å². The molecule has 6 N–H and O–H groups in total. The number of aromatic amines is 1. The van der Waals surface area contributed by atoms with Gasteiger partial charge in [0, 0.05) is 46.4 Å². The van der Waals surface area contributed by atoms with E-state index in [1.54, 1.807) is 5.38 Å². The van der Waals surface area contributed by atoms with Crippen LogP contribution in [0.4, 0.5) is 5.13 Å². The number of H-pyrrole nitrogens is 1. The number of aliphatic carboxylic acids is 1. The normalized spacial score (nSPS) is 19.2. The van der Waals surface area contributed by atoms with E-state index in [9.17, 15) is 24.3 Å². The average Bonchev–Trinajstić information content (AvgIpc) is 4.01. The molecule has 16 nitrogen and oxygen atoms in total. The van der Waals surface area contributed by atoms with Gasteiger partial charge < -0.3 is 26.3 Å². The zero-order valence-corrected chi connectivity index (χ0v) is 30.9. The lowest BCUT2D eigenvalue weighted by Crippen LogP contribution is -2.71. The third kappa shape index (κ3) is 6.58. The van der Waals surface area contributed by atoms with Gasteiger partial charge in [-0.1, -0.05) is 96.2 Å². The van der Waals surface area contributed by atoms with Gasteiger partial charge >= 0.3 is 5.97 Å². The molecule has 0 unspecified atom stereocenters. The Morgan fingerprint density at radius 1 is 1.00 bits per heavy atom. The van der Waals surface area contributed by atoms with Crippen molar-refractivity contribution in [3.05, 3.63) is 147 Å². The minimum absolute atomic E-state index is 0.0440. The number of β-lactam (4-membered cyclic amide) rings is 1. The monoisotopic (exact) mass is 788 g/mol. The van der Waals surface area contributed by atoms with Crippen molar-refractivity contribution in [3.63, 3.8) is 0 Å². The molecule has 0 saturated carbocycles. The smallest absolute Gasteiger partial charge is 0.352 e. The summed E-state index contributed by atoms with van der Waals surface area (Å²) in [6, 6.07) is 27.3. The van der Waals surface area contributed by atoms with E-state index in [-0.39, 0.29) is 40.3 Å². The summed E-state index contributed by atoms with van der Waals surface area (Å²) in [6.45, 7) is 0.385. The summed E-state index contributed by atoms with van der Waals surface area (Å²) in [4.78, 5) is 66.0. The number of tetrazole rings is 1. The van der Waals surface area contributed by atoms with Crippen molar-refractivity contribution >= 4 is 57.6 Å². The number of nitrogen functional groups attached to an aromatic ring is 1. The van der Waals surface area contributed by atoms with Crippen LogP contribution in [0.5, 0.6) is 0 Å². The largest absolute Gasteiger partial charge is 0.477 e. The van der Waals surface area contributed by atoms with Crippen molar-refractivity contribution in [3.8, 4) is 0 Å². The Morgan fingerprint density at radius 2 is 1.64 bits per heavy atom. The molecular weight excluding hydrogens is 757 g/mol. The van der Waals surface area contributed by atoms with Crippen LogP contribution < -0.4 is 16.4 Å². The molecule has 3 aliphatic rings. The molecule has 56 heavy (non-hydrogen) atoms. The SMILES string of the molecule is Nc1nc(C(=NOC(c2ccccc2)(c2ccccc2)c2ccccc2)C(=O)N[C@@H]2C(=O)N3C(C(=O)O)=C(C(Cc4nnn[nH]4)=C4CCNC4=O)CS[C@H]23)cs1. The van der Waals surface area contributed by atoms with Crippen molar-refractivity contribution in [1.29, 1.82) is 0 Å². The number of carbonyl (C=O) groups excluding carboxylic acids is 3. The summed E-state index contributed by atoms with van der Waals surface area (Å²) in [6.07, 6.45) is 0.403. The maximum atomic E-state index is 14.3. The number of thiazole rings is 1. The quantitative estimate of drug-likeness (QED) is 0.0404. The number of oxime groups is 1. The highest BCUT2D eigenvalue weighted by Crippen LogP contribution is 2.44. The van der Waals surface area contributed by atoms with Crippen LogP contribution in [0.1, 0.15) is 34.6 Å². The molecule has 0 bridgehead atoms. The highest BCUT2D eigenvalue weighted by molar-refractivity contribution is 8.00. The van der Waals surface area contributed by atoms with Crippen LogP contribution >= 0.6 is 23.1 Å². The van der Waals surface area contributed by atoms with E-state index in [0.717, 1.165) is 32.9 Å². The summed E-state index contributed by atoms with van der Waals surface area (Å²) < 4.78 is 0. The van der Waals surface area contributed by atoms with E-state index in [1.165, 1.54) is 11.8 Å². The second-order valence-electron chi connectivity index (χ2n) is 12.9. The van der Waals surface area contributed by atoms with E-state index in [1.807, 2.05) is 91.0 Å². The molecular formula is C38H32N10O6S2. The number of nitrogens with two attached hydrogens (primary N) is 1. The molecule has 2 atom stereocenters. The van der Waals surface area contributed by atoms with E-state index in [4.69, 9.17) is 10.6 Å². The summed E-state index contributed by atoms with van der Waals surface area (Å²) >= 11 is 2.36. The second kappa shape index (κ2) is 15.2. The van der Waals surface area contributed by atoms with E-state index in [2.05, 4.69) is 41.4 Å². The molecule has 282 valence electrons. The number of carboxylic acids is 1. The van der Waals surface area contributed by atoms with Gasteiger partial charge in [0.25, 0.3) is 11.8 Å². The number of aromatic nitrogens is 5. The fourth-order valence-corrected chi connectivity index (χ4v) is 9.01. The summed E-state index contributed by atoms with van der Waals surface area (Å²) in [5.74, 6) is -2.68. The molecule has 0 spiro atoms. The first kappa shape index (κ1) is 36.3. The molecule has 0 aliphatic carbocycles. The Bertz CT molecular complexity index is 2310. The summed E-state index contributed by atoms with van der Waals surface area (Å²) in [5.41, 5.74) is 7.59. The average molecular weight is 789 g/mol. The second-order valence-corrected chi connectivity index (χ2v) is 14.9. The lowest BCUT2D eigenvalue weighted by molar-refractivity contribution is -0.150. The highest BCUT2D eigenvalue weighted by Gasteiger charge is 2.55. The van der Waals surface area contributed by atoms with Crippen molar-refractivity contribution < 1.29 is 29.1 Å². The number of allylic oxidation sites excluding steroid dienone is 1. The zero-order chi connectivity index (χ0) is 38.8. The number of amides is 3. The van der Waals surface area contributed by atoms with Crippen molar-refractivity contribution in [2.24, 2.45) is 5.16 Å². The molecule has 5 aromatic rings. The predicted octanol–water partition coefficient (Wildman–Crippen LogP) is 2.75. The molecule has 2 aromatic heterocycles. The van der Waals surface area contributed by atoms with Gasteiger partial charge in [0.05, 0.1) is 0 Å². The number of nitrogens with zero attached hydrogens (tertiary/aromatic N) is 6. The summed E-state index contributed by atoms with van der Waals surface area (Å²) in [5, 5.41) is 35.3. The minimum Gasteiger partial charge on any atom is -0.477 e. The lowest BCUT2D eigenvalue weighted by Gasteiger charge is -2.49. The van der Waals surface area contributed by atoms with Crippen molar-refractivity contribution in [2.45, 2.75) is 29.9 Å². The van der Waals surface area contributed by atoms with Gasteiger partial charge in [0.15, 0.2) is 16.7 Å². The Morgan fingerprint density at radius 3 is 2.16 bits per heavy atom. The van der Waals surface area contributed by atoms with Crippen LogP contribution in [0.15, 0.2) is 124 Å². The van der Waals surface area contributed by atoms with Gasteiger partial charge in [-0.05, 0) is 28.0 Å². The fourth-order valence-electron chi connectivity index (χ4n) is 7.08. The predicted molar refractivity (Wildman–Crippen MR) is 206 cm³/mol. The third-order valence-electron chi connectivity index (χ3n) is 9.65. The molecule has 3 aromatic carbocycles. The zero-order valence-electron chi connectivity index (χ0n) is 29.3. The molecule has 18 heteroatoms. The Balaban J connectivity index is 1.14. The number of anilines is 1. The van der Waals surface area contributed by atoms with Crippen LogP contribution in [0, 0.1) is 0 Å². The molecule has 2 fully saturated rings. The maximum Gasteiger partial charge on any atom is 0.352 e. The Labute approximate surface area is 326 Å². The van der Waals surface area contributed by atoms with Gasteiger partial charge in [0.1, 0.15) is 22.8 Å². The highest BCUT2D eigenvalue weighted by atomic mass is 32.2. The molecule has 2 saturated heterocycles. The Kier molecular flexibility index (Phi) is 9.88. The number of carbonyl (C=O) groups is 4. The van der Waals surface area contributed by atoms with Gasteiger partial charge in [-0.2, -0.15) is 0 Å². The molecule has 3 aliphatic heterocycles. The van der Waals surface area contributed by atoms with Gasteiger partial charge in [-0.3, -0.25) is 19.3 Å². The number of benzene rings is 3. The summed E-state index contributed by atoms with van der Waals surface area (Å²) in [7, 11) is 0. The molecule has 5 heterocycles. The number of carboxylic acid groups (broad SMARTS) is 1. The number of thioether (sulfide) groups is 1. The molecule has 0 radical (unpaired) electrons. The van der Waals surface area contributed by atoms with E-state index < -0.39 is 34.8 Å². The number of rotatable bonds is 12. The van der Waals surface area contributed by atoms with E-state index >= 15 is 0 Å². The third-order valence-corrected chi connectivity index (χ3v) is 11.6. The van der Waals surface area contributed by atoms with Crippen LogP contribution in [0.25, 0.3) is 0 Å². The fraction of sp³-hybridized carbons (Fsp3) is 0.184. The van der Waals surface area contributed by atoms with Crippen LogP contribution in [0.2, 0.25) is 0 Å². The number of fused-ring (bicyclic) bond motifs is 1. The van der Waals surface area contributed by atoms with Crippen molar-refractivity contribution in [2.75, 3.05) is 18.0 Å². The number of nitrogens with one attached hydrogen (secondary N) is 3. The van der Waals surface area contributed by atoms with Crippen LogP contribution in [0.3, 0.4) is 0 Å². The first-order valence-electron chi connectivity index (χ1n) is 17.4. The van der Waals surface area contributed by atoms with Crippen molar-refractivity contribution in [1.82, 2.24) is 41.1 Å². The first-order chi connectivity index (χ1) is 27.3. The van der Waals surface area contributed by atoms with Crippen LogP contribution in [-0.4, -0.2) is 88.7 Å².